The van der Waals surface area contributed by atoms with E-state index >= 15 is 0 Å². The molecule has 0 atom stereocenters. The third-order valence-electron chi connectivity index (χ3n) is 5.07. The summed E-state index contributed by atoms with van der Waals surface area (Å²) in [7, 11) is 1.56. The number of hydrogen-bond acceptors (Lipinski definition) is 5. The Labute approximate surface area is 179 Å². The Hall–Kier alpha value is -4.07. The van der Waals surface area contributed by atoms with E-state index in [-0.39, 0.29) is 23.5 Å². The molecule has 31 heavy (non-hydrogen) atoms. The summed E-state index contributed by atoms with van der Waals surface area (Å²) < 4.78 is 5.34. The SMILES string of the molecule is COc1ccccc1Nc1cc(NC(=O)O)nc(C(=O)NC2Cc3ccccc3C2)c1. The number of benzene rings is 2. The maximum atomic E-state index is 12.9. The summed E-state index contributed by atoms with van der Waals surface area (Å²) in [5, 5.41) is 17.5. The molecule has 3 aromatic rings. The van der Waals surface area contributed by atoms with Crippen molar-refractivity contribution in [2.45, 2.75) is 18.9 Å². The number of carbonyl (C=O) groups is 2. The van der Waals surface area contributed by atoms with Crippen LogP contribution < -0.4 is 20.7 Å². The summed E-state index contributed by atoms with van der Waals surface area (Å²) in [5.41, 5.74) is 3.74. The number of aromatic nitrogens is 1. The van der Waals surface area contributed by atoms with Crippen LogP contribution in [0, 0.1) is 0 Å². The molecule has 0 saturated carbocycles. The Kier molecular flexibility index (Phi) is 5.70. The van der Waals surface area contributed by atoms with Crippen molar-refractivity contribution in [1.29, 1.82) is 0 Å². The van der Waals surface area contributed by atoms with Gasteiger partial charge < -0.3 is 20.5 Å². The highest BCUT2D eigenvalue weighted by molar-refractivity contribution is 5.95. The van der Waals surface area contributed by atoms with Crippen LogP contribution >= 0.6 is 0 Å². The van der Waals surface area contributed by atoms with Crippen molar-refractivity contribution in [3.05, 3.63) is 77.5 Å². The van der Waals surface area contributed by atoms with Crippen molar-refractivity contribution in [2.75, 3.05) is 17.7 Å². The number of methoxy groups -OCH3 is 1. The monoisotopic (exact) mass is 418 g/mol. The molecule has 0 bridgehead atoms. The molecule has 1 heterocycles. The van der Waals surface area contributed by atoms with E-state index in [1.54, 1.807) is 19.2 Å². The number of amides is 2. The Morgan fingerprint density at radius 2 is 1.71 bits per heavy atom. The number of hydrogen-bond donors (Lipinski definition) is 4. The minimum atomic E-state index is -1.26. The lowest BCUT2D eigenvalue weighted by Crippen LogP contribution is -2.36. The quantitative estimate of drug-likeness (QED) is 0.484. The lowest BCUT2D eigenvalue weighted by molar-refractivity contribution is 0.0933. The van der Waals surface area contributed by atoms with Crippen molar-refractivity contribution in [3.63, 3.8) is 0 Å². The van der Waals surface area contributed by atoms with Gasteiger partial charge in [0, 0.05) is 17.8 Å². The second-order valence-corrected chi connectivity index (χ2v) is 7.23. The van der Waals surface area contributed by atoms with E-state index in [1.807, 2.05) is 30.3 Å². The lowest BCUT2D eigenvalue weighted by atomic mass is 10.1. The van der Waals surface area contributed by atoms with Crippen LogP contribution in [0.5, 0.6) is 5.75 Å². The summed E-state index contributed by atoms with van der Waals surface area (Å²) in [4.78, 5) is 28.2. The summed E-state index contributed by atoms with van der Waals surface area (Å²) in [6, 6.07) is 18.5. The molecule has 8 nitrogen and oxygen atoms in total. The van der Waals surface area contributed by atoms with Crippen LogP contribution in [-0.2, 0) is 12.8 Å². The van der Waals surface area contributed by atoms with E-state index < -0.39 is 6.09 Å². The number of rotatable bonds is 6. The van der Waals surface area contributed by atoms with Gasteiger partial charge in [-0.05, 0) is 42.2 Å². The molecular weight excluding hydrogens is 396 g/mol. The highest BCUT2D eigenvalue weighted by Gasteiger charge is 2.24. The minimum absolute atomic E-state index is 0.0339. The Bertz CT molecular complexity index is 1110. The second-order valence-electron chi connectivity index (χ2n) is 7.23. The summed E-state index contributed by atoms with van der Waals surface area (Å²) in [6.07, 6.45) is 0.238. The molecule has 158 valence electrons. The van der Waals surface area contributed by atoms with Gasteiger partial charge in [0.2, 0.25) is 0 Å². The number of anilines is 3. The van der Waals surface area contributed by atoms with E-state index in [9.17, 15) is 9.59 Å². The topological polar surface area (TPSA) is 113 Å². The number of para-hydroxylation sites is 2. The van der Waals surface area contributed by atoms with Gasteiger partial charge in [-0.2, -0.15) is 0 Å². The van der Waals surface area contributed by atoms with Crippen molar-refractivity contribution in [3.8, 4) is 5.75 Å². The van der Waals surface area contributed by atoms with Gasteiger partial charge >= 0.3 is 6.09 Å². The van der Waals surface area contributed by atoms with Gasteiger partial charge in [0.05, 0.1) is 12.8 Å². The third-order valence-corrected chi connectivity index (χ3v) is 5.07. The van der Waals surface area contributed by atoms with Gasteiger partial charge in [0.25, 0.3) is 5.91 Å². The molecule has 1 aromatic heterocycles. The van der Waals surface area contributed by atoms with E-state index in [2.05, 4.69) is 33.1 Å². The van der Waals surface area contributed by atoms with E-state index in [1.165, 1.54) is 17.2 Å². The maximum absolute atomic E-state index is 12.9. The fourth-order valence-electron chi connectivity index (χ4n) is 3.72. The number of nitrogens with zero attached hydrogens (tertiary/aromatic N) is 1. The van der Waals surface area contributed by atoms with Crippen LogP contribution in [-0.4, -0.2) is 35.2 Å². The lowest BCUT2D eigenvalue weighted by Gasteiger charge is -2.15. The van der Waals surface area contributed by atoms with Crippen molar-refractivity contribution in [2.24, 2.45) is 0 Å². The average Bonchev–Trinajstić information content (AvgIpc) is 3.15. The van der Waals surface area contributed by atoms with Gasteiger partial charge in [-0.25, -0.2) is 9.78 Å². The molecular formula is C23H22N4O4. The molecule has 4 rings (SSSR count). The molecule has 0 fully saturated rings. The van der Waals surface area contributed by atoms with Crippen molar-refractivity contribution in [1.82, 2.24) is 10.3 Å². The molecule has 0 aliphatic heterocycles. The van der Waals surface area contributed by atoms with Crippen LogP contribution in [0.15, 0.2) is 60.7 Å². The molecule has 2 amide bonds. The zero-order valence-electron chi connectivity index (χ0n) is 16.9. The first-order valence-corrected chi connectivity index (χ1v) is 9.81. The predicted octanol–water partition coefficient (Wildman–Crippen LogP) is 3.82. The van der Waals surface area contributed by atoms with E-state index in [0.717, 1.165) is 12.8 Å². The number of nitrogens with one attached hydrogen (secondary N) is 3. The van der Waals surface area contributed by atoms with E-state index in [0.29, 0.717) is 17.1 Å². The molecule has 4 N–H and O–H groups in total. The van der Waals surface area contributed by atoms with Crippen molar-refractivity contribution < 1.29 is 19.4 Å². The van der Waals surface area contributed by atoms with Crippen LogP contribution in [0.25, 0.3) is 0 Å². The fraction of sp³-hybridized carbons (Fsp3) is 0.174. The maximum Gasteiger partial charge on any atom is 0.410 e. The Morgan fingerprint density at radius 3 is 2.39 bits per heavy atom. The molecule has 0 radical (unpaired) electrons. The number of ether oxygens (including phenoxy) is 1. The Morgan fingerprint density at radius 1 is 1.03 bits per heavy atom. The minimum Gasteiger partial charge on any atom is -0.495 e. The summed E-state index contributed by atoms with van der Waals surface area (Å²) >= 11 is 0. The number of fused-ring (bicyclic) bond motifs is 1. The first-order chi connectivity index (χ1) is 15.0. The average molecular weight is 418 g/mol. The molecule has 2 aromatic carbocycles. The van der Waals surface area contributed by atoms with Crippen LogP contribution in [0.4, 0.5) is 22.0 Å². The number of carboxylic acid groups (broad SMARTS) is 1. The first kappa shape index (κ1) is 20.2. The number of carbonyl (C=O) groups excluding carboxylic acids is 1. The second kappa shape index (κ2) is 8.74. The summed E-state index contributed by atoms with van der Waals surface area (Å²) in [5.74, 6) is 0.295. The molecule has 0 spiro atoms. The normalized spacial score (nSPS) is 12.7. The summed E-state index contributed by atoms with van der Waals surface area (Å²) in [6.45, 7) is 0. The van der Waals surface area contributed by atoms with Gasteiger partial charge in [-0.15, -0.1) is 0 Å². The number of pyridine rings is 1. The Balaban J connectivity index is 1.57. The van der Waals surface area contributed by atoms with Gasteiger partial charge in [-0.1, -0.05) is 36.4 Å². The molecule has 0 unspecified atom stereocenters. The third kappa shape index (κ3) is 4.75. The zero-order chi connectivity index (χ0) is 21.8. The van der Waals surface area contributed by atoms with Crippen molar-refractivity contribution >= 4 is 29.2 Å². The van der Waals surface area contributed by atoms with Gasteiger partial charge in [0.1, 0.15) is 17.3 Å². The highest BCUT2D eigenvalue weighted by atomic mass is 16.5. The molecule has 1 aliphatic carbocycles. The molecule has 1 aliphatic rings. The molecule has 0 saturated heterocycles. The van der Waals surface area contributed by atoms with Crippen LogP contribution in [0.1, 0.15) is 21.6 Å². The standard InChI is InChI=1S/C23H22N4O4/c1-31-20-9-5-4-8-18(20)24-17-12-19(26-21(13-17)27-23(29)30)22(28)25-16-10-14-6-2-3-7-15(14)11-16/h2-9,12-13,16H,10-11H2,1H3,(H,25,28)(H,29,30)(H2,24,26,27). The fourth-order valence-corrected chi connectivity index (χ4v) is 3.72. The first-order valence-electron chi connectivity index (χ1n) is 9.81. The smallest absolute Gasteiger partial charge is 0.410 e. The van der Waals surface area contributed by atoms with Crippen LogP contribution in [0.2, 0.25) is 0 Å². The van der Waals surface area contributed by atoms with Gasteiger partial charge in [-0.3, -0.25) is 10.1 Å². The zero-order valence-corrected chi connectivity index (χ0v) is 16.9. The van der Waals surface area contributed by atoms with Crippen LogP contribution in [0.3, 0.4) is 0 Å². The highest BCUT2D eigenvalue weighted by Crippen LogP contribution is 2.28. The molecule has 8 heteroatoms. The largest absolute Gasteiger partial charge is 0.495 e. The van der Waals surface area contributed by atoms with E-state index in [4.69, 9.17) is 9.84 Å². The predicted molar refractivity (Wildman–Crippen MR) is 117 cm³/mol. The van der Waals surface area contributed by atoms with Gasteiger partial charge in [0.15, 0.2) is 0 Å².